The lowest BCUT2D eigenvalue weighted by Gasteiger charge is -2.08. The van der Waals surface area contributed by atoms with Crippen LogP contribution in [-0.4, -0.2) is 18.3 Å². The number of carbonyl (C=O) groups is 2. The van der Waals surface area contributed by atoms with Crippen molar-refractivity contribution in [3.05, 3.63) is 64.7 Å². The van der Waals surface area contributed by atoms with Gasteiger partial charge in [0, 0.05) is 17.1 Å². The highest BCUT2D eigenvalue weighted by molar-refractivity contribution is 6.30. The fourth-order valence-electron chi connectivity index (χ4n) is 1.85. The number of hydrogen-bond acceptors (Lipinski definition) is 3. The Morgan fingerprint density at radius 2 is 1.91 bits per heavy atom. The molecule has 1 amide bonds. The molecule has 0 radical (unpaired) electrons. The summed E-state index contributed by atoms with van der Waals surface area (Å²) in [5, 5.41) is 3.37. The molecule has 0 aromatic heterocycles. The molecule has 4 nitrogen and oxygen atoms in total. The molecule has 0 atom stereocenters. The minimum Gasteiger partial charge on any atom is -0.484 e. The van der Waals surface area contributed by atoms with E-state index >= 15 is 0 Å². The molecule has 2 rings (SSSR count). The number of rotatable bonds is 6. The van der Waals surface area contributed by atoms with Gasteiger partial charge in [-0.05, 0) is 36.8 Å². The first-order valence-corrected chi connectivity index (χ1v) is 7.17. The molecule has 0 saturated heterocycles. The molecule has 0 saturated carbocycles. The first kappa shape index (κ1) is 16.0. The van der Waals surface area contributed by atoms with Crippen molar-refractivity contribution in [2.24, 2.45) is 0 Å². The molecule has 5 heteroatoms. The lowest BCUT2D eigenvalue weighted by molar-refractivity contribution is -0.123. The number of amides is 1. The van der Waals surface area contributed by atoms with Gasteiger partial charge >= 0.3 is 0 Å². The predicted molar refractivity (Wildman–Crippen MR) is 85.2 cm³/mol. The highest BCUT2D eigenvalue weighted by Crippen LogP contribution is 2.13. The zero-order chi connectivity index (χ0) is 15.9. The topological polar surface area (TPSA) is 55.4 Å². The molecule has 2 aromatic rings. The van der Waals surface area contributed by atoms with Crippen LogP contribution in [0, 0.1) is 0 Å². The monoisotopic (exact) mass is 317 g/mol. The van der Waals surface area contributed by atoms with Crippen LogP contribution in [0.2, 0.25) is 5.02 Å². The Hall–Kier alpha value is -2.33. The summed E-state index contributed by atoms with van der Waals surface area (Å²) < 4.78 is 5.38. The number of nitrogens with one attached hydrogen (secondary N) is 1. The fourth-order valence-corrected chi connectivity index (χ4v) is 2.07. The molecule has 0 fully saturated rings. The van der Waals surface area contributed by atoms with Gasteiger partial charge in [0.25, 0.3) is 5.91 Å². The number of hydrogen-bond donors (Lipinski definition) is 1. The van der Waals surface area contributed by atoms with Crippen LogP contribution in [0.4, 0.5) is 0 Å². The lowest BCUT2D eigenvalue weighted by atomic mass is 10.1. The van der Waals surface area contributed by atoms with Crippen molar-refractivity contribution in [2.75, 3.05) is 6.61 Å². The molecule has 1 N–H and O–H groups in total. The minimum atomic E-state index is -0.242. The number of carbonyl (C=O) groups excluding carboxylic acids is 2. The van der Waals surface area contributed by atoms with Gasteiger partial charge in [0.2, 0.25) is 0 Å². The minimum absolute atomic E-state index is 0.0455. The third kappa shape index (κ3) is 4.90. The quantitative estimate of drug-likeness (QED) is 0.832. The van der Waals surface area contributed by atoms with E-state index in [1.165, 1.54) is 6.92 Å². The Labute approximate surface area is 134 Å². The molecule has 114 valence electrons. The van der Waals surface area contributed by atoms with Crippen LogP contribution in [-0.2, 0) is 11.3 Å². The maximum absolute atomic E-state index is 11.8. The Morgan fingerprint density at radius 1 is 1.14 bits per heavy atom. The molecule has 0 bridgehead atoms. The second-order valence-corrected chi connectivity index (χ2v) is 5.22. The van der Waals surface area contributed by atoms with E-state index in [-0.39, 0.29) is 18.3 Å². The van der Waals surface area contributed by atoms with Crippen LogP contribution >= 0.6 is 11.6 Å². The summed E-state index contributed by atoms with van der Waals surface area (Å²) in [4.78, 5) is 23.0. The van der Waals surface area contributed by atoms with E-state index in [4.69, 9.17) is 16.3 Å². The van der Waals surface area contributed by atoms with Crippen molar-refractivity contribution in [1.29, 1.82) is 0 Å². The largest absolute Gasteiger partial charge is 0.484 e. The average Bonchev–Trinajstić information content (AvgIpc) is 2.51. The molecule has 2 aromatic carbocycles. The summed E-state index contributed by atoms with van der Waals surface area (Å²) in [7, 11) is 0. The van der Waals surface area contributed by atoms with Gasteiger partial charge in [-0.3, -0.25) is 9.59 Å². The number of ketones is 1. The zero-order valence-electron chi connectivity index (χ0n) is 12.1. The summed E-state index contributed by atoms with van der Waals surface area (Å²) in [5.74, 6) is 0.203. The molecule has 0 aliphatic rings. The molecule has 0 spiro atoms. The van der Waals surface area contributed by atoms with E-state index in [1.807, 2.05) is 12.1 Å². The fraction of sp³-hybridized carbons (Fsp3) is 0.176. The van der Waals surface area contributed by atoms with Crippen LogP contribution < -0.4 is 10.1 Å². The SMILES string of the molecule is CC(=O)c1cccc(OCC(=O)NCc2cccc(Cl)c2)c1. The predicted octanol–water partition coefficient (Wildman–Crippen LogP) is 3.24. The highest BCUT2D eigenvalue weighted by Gasteiger charge is 2.05. The Morgan fingerprint density at radius 3 is 2.64 bits per heavy atom. The third-order valence-electron chi connectivity index (χ3n) is 2.99. The molecule has 22 heavy (non-hydrogen) atoms. The molecule has 0 aliphatic heterocycles. The highest BCUT2D eigenvalue weighted by atomic mass is 35.5. The summed E-state index contributed by atoms with van der Waals surface area (Å²) in [6, 6.07) is 14.0. The van der Waals surface area contributed by atoms with Crippen molar-refractivity contribution >= 4 is 23.3 Å². The van der Waals surface area contributed by atoms with Crippen molar-refractivity contribution in [3.63, 3.8) is 0 Å². The molecule has 0 heterocycles. The Bertz CT molecular complexity index is 685. The molecule has 0 unspecified atom stereocenters. The van der Waals surface area contributed by atoms with Gasteiger partial charge in [0.1, 0.15) is 5.75 Å². The van der Waals surface area contributed by atoms with E-state index in [0.717, 1.165) is 5.56 Å². The maximum Gasteiger partial charge on any atom is 0.258 e. The van der Waals surface area contributed by atoms with Crippen molar-refractivity contribution < 1.29 is 14.3 Å². The number of ether oxygens (including phenoxy) is 1. The van der Waals surface area contributed by atoms with Crippen molar-refractivity contribution in [2.45, 2.75) is 13.5 Å². The Kier molecular flexibility index (Phi) is 5.55. The van der Waals surface area contributed by atoms with E-state index in [1.54, 1.807) is 36.4 Å². The molecular formula is C17H16ClNO3. The van der Waals surface area contributed by atoms with E-state index < -0.39 is 0 Å². The number of benzene rings is 2. The first-order valence-electron chi connectivity index (χ1n) is 6.79. The average molecular weight is 318 g/mol. The molecule has 0 aliphatic carbocycles. The van der Waals surface area contributed by atoms with Crippen LogP contribution in [0.5, 0.6) is 5.75 Å². The Balaban J connectivity index is 1.83. The van der Waals surface area contributed by atoms with Crippen LogP contribution in [0.25, 0.3) is 0 Å². The standard InChI is InChI=1S/C17H16ClNO3/c1-12(20)14-5-3-7-16(9-14)22-11-17(21)19-10-13-4-2-6-15(18)8-13/h2-9H,10-11H2,1H3,(H,19,21). The van der Waals surface area contributed by atoms with Gasteiger partial charge in [-0.15, -0.1) is 0 Å². The lowest BCUT2D eigenvalue weighted by Crippen LogP contribution is -2.28. The third-order valence-corrected chi connectivity index (χ3v) is 3.22. The van der Waals surface area contributed by atoms with E-state index in [2.05, 4.69) is 5.32 Å². The van der Waals surface area contributed by atoms with E-state index in [9.17, 15) is 9.59 Å². The van der Waals surface area contributed by atoms with Crippen LogP contribution in [0.3, 0.4) is 0 Å². The zero-order valence-corrected chi connectivity index (χ0v) is 12.9. The van der Waals surface area contributed by atoms with Crippen molar-refractivity contribution in [3.8, 4) is 5.75 Å². The second-order valence-electron chi connectivity index (χ2n) is 4.78. The second kappa shape index (κ2) is 7.61. The van der Waals surface area contributed by atoms with Crippen LogP contribution in [0.1, 0.15) is 22.8 Å². The van der Waals surface area contributed by atoms with Gasteiger partial charge in [-0.1, -0.05) is 35.9 Å². The van der Waals surface area contributed by atoms with Gasteiger partial charge in [0.05, 0.1) is 0 Å². The number of Topliss-reactive ketones (excluding diaryl/α,β-unsaturated/α-hetero) is 1. The first-order chi connectivity index (χ1) is 10.5. The normalized spacial score (nSPS) is 10.1. The summed E-state index contributed by atoms with van der Waals surface area (Å²) in [6.07, 6.45) is 0. The smallest absolute Gasteiger partial charge is 0.258 e. The summed E-state index contributed by atoms with van der Waals surface area (Å²) in [6.45, 7) is 1.76. The number of halogens is 1. The van der Waals surface area contributed by atoms with Gasteiger partial charge in [-0.2, -0.15) is 0 Å². The van der Waals surface area contributed by atoms with Gasteiger partial charge in [0.15, 0.2) is 12.4 Å². The van der Waals surface area contributed by atoms with E-state index in [0.29, 0.717) is 22.9 Å². The maximum atomic E-state index is 11.8. The van der Waals surface area contributed by atoms with Crippen LogP contribution in [0.15, 0.2) is 48.5 Å². The summed E-state index contributed by atoms with van der Waals surface area (Å²) in [5.41, 5.74) is 1.47. The van der Waals surface area contributed by atoms with Gasteiger partial charge < -0.3 is 10.1 Å². The van der Waals surface area contributed by atoms with Crippen molar-refractivity contribution in [1.82, 2.24) is 5.32 Å². The molecular weight excluding hydrogens is 302 g/mol. The summed E-state index contributed by atoms with van der Waals surface area (Å²) >= 11 is 5.88. The van der Waals surface area contributed by atoms with Gasteiger partial charge in [-0.25, -0.2) is 0 Å².